The van der Waals surface area contributed by atoms with Crippen LogP contribution in [-0.4, -0.2) is 40.1 Å². The van der Waals surface area contributed by atoms with Crippen molar-refractivity contribution in [2.45, 2.75) is 18.7 Å². The standard InChI is InChI=1S/C19H22N2O6S/c1-3-26-16-9-7-15(8-10-16)21-18(22)13-20-28(24,25)17-11-5-14(6-12-17)19(23)27-4-2/h5-12,20H,3-4,13H2,1-2H3,(H,21,22). The van der Waals surface area contributed by atoms with E-state index in [0.717, 1.165) is 0 Å². The first kappa shape index (κ1) is 21.4. The Morgan fingerprint density at radius 3 is 2.14 bits per heavy atom. The van der Waals surface area contributed by atoms with E-state index in [4.69, 9.17) is 9.47 Å². The summed E-state index contributed by atoms with van der Waals surface area (Å²) in [5.41, 5.74) is 0.764. The molecule has 0 aromatic heterocycles. The highest BCUT2D eigenvalue weighted by Crippen LogP contribution is 2.15. The molecular formula is C19H22N2O6S. The Bertz CT molecular complexity index is 908. The fourth-order valence-electron chi connectivity index (χ4n) is 2.23. The van der Waals surface area contributed by atoms with Gasteiger partial charge in [0.1, 0.15) is 5.75 Å². The van der Waals surface area contributed by atoms with Crippen molar-refractivity contribution >= 4 is 27.6 Å². The summed E-state index contributed by atoms with van der Waals surface area (Å²) in [6.07, 6.45) is 0. The van der Waals surface area contributed by atoms with Gasteiger partial charge in [0.25, 0.3) is 0 Å². The van der Waals surface area contributed by atoms with E-state index in [1.54, 1.807) is 31.2 Å². The second kappa shape index (κ2) is 9.86. The lowest BCUT2D eigenvalue weighted by molar-refractivity contribution is -0.115. The molecule has 0 spiro atoms. The van der Waals surface area contributed by atoms with Gasteiger partial charge in [-0.3, -0.25) is 4.79 Å². The van der Waals surface area contributed by atoms with E-state index in [0.29, 0.717) is 18.0 Å². The van der Waals surface area contributed by atoms with Crippen LogP contribution < -0.4 is 14.8 Å². The molecule has 0 bridgehead atoms. The van der Waals surface area contributed by atoms with Crippen LogP contribution in [0.15, 0.2) is 53.4 Å². The molecular weight excluding hydrogens is 384 g/mol. The van der Waals surface area contributed by atoms with Crippen LogP contribution in [0.3, 0.4) is 0 Å². The van der Waals surface area contributed by atoms with Gasteiger partial charge in [0.15, 0.2) is 0 Å². The average molecular weight is 406 g/mol. The van der Waals surface area contributed by atoms with Crippen molar-refractivity contribution in [1.29, 1.82) is 0 Å². The number of rotatable bonds is 9. The molecule has 0 aliphatic rings. The summed E-state index contributed by atoms with van der Waals surface area (Å²) in [5.74, 6) is -0.377. The van der Waals surface area contributed by atoms with Crippen LogP contribution >= 0.6 is 0 Å². The predicted molar refractivity (Wildman–Crippen MR) is 104 cm³/mol. The largest absolute Gasteiger partial charge is 0.494 e. The first-order valence-electron chi connectivity index (χ1n) is 8.65. The summed E-state index contributed by atoms with van der Waals surface area (Å²) in [6.45, 7) is 3.87. The third-order valence-corrected chi connectivity index (χ3v) is 4.96. The number of esters is 1. The van der Waals surface area contributed by atoms with Gasteiger partial charge in [0, 0.05) is 5.69 Å². The Morgan fingerprint density at radius 1 is 0.929 bits per heavy atom. The first-order chi connectivity index (χ1) is 13.4. The number of hydrogen-bond acceptors (Lipinski definition) is 6. The minimum absolute atomic E-state index is 0.0607. The molecule has 2 N–H and O–H groups in total. The van der Waals surface area contributed by atoms with Gasteiger partial charge in [-0.1, -0.05) is 0 Å². The Kier molecular flexibility index (Phi) is 7.53. The Balaban J connectivity index is 1.93. The van der Waals surface area contributed by atoms with Gasteiger partial charge in [-0.15, -0.1) is 0 Å². The normalized spacial score (nSPS) is 10.9. The van der Waals surface area contributed by atoms with Crippen LogP contribution in [0, 0.1) is 0 Å². The Labute approximate surface area is 163 Å². The molecule has 9 heteroatoms. The maximum absolute atomic E-state index is 12.3. The number of ether oxygens (including phenoxy) is 2. The smallest absolute Gasteiger partial charge is 0.338 e. The Hall–Kier alpha value is -2.91. The van der Waals surface area contributed by atoms with Gasteiger partial charge in [0.2, 0.25) is 15.9 Å². The molecule has 150 valence electrons. The molecule has 0 unspecified atom stereocenters. The molecule has 0 radical (unpaired) electrons. The highest BCUT2D eigenvalue weighted by Gasteiger charge is 2.16. The number of sulfonamides is 1. The molecule has 28 heavy (non-hydrogen) atoms. The van der Waals surface area contributed by atoms with Gasteiger partial charge in [-0.05, 0) is 62.4 Å². The van der Waals surface area contributed by atoms with Gasteiger partial charge >= 0.3 is 5.97 Å². The lowest BCUT2D eigenvalue weighted by Gasteiger charge is -2.09. The molecule has 0 saturated carbocycles. The molecule has 0 saturated heterocycles. The van der Waals surface area contributed by atoms with E-state index < -0.39 is 28.4 Å². The SMILES string of the molecule is CCOC(=O)c1ccc(S(=O)(=O)NCC(=O)Nc2ccc(OCC)cc2)cc1. The first-order valence-corrected chi connectivity index (χ1v) is 10.1. The van der Waals surface area contributed by atoms with Crippen molar-refractivity contribution in [1.82, 2.24) is 4.72 Å². The Morgan fingerprint density at radius 2 is 1.57 bits per heavy atom. The van der Waals surface area contributed by atoms with Crippen molar-refractivity contribution in [3.8, 4) is 5.75 Å². The van der Waals surface area contributed by atoms with E-state index in [-0.39, 0.29) is 17.1 Å². The summed E-state index contributed by atoms with van der Waals surface area (Å²) in [4.78, 5) is 23.5. The van der Waals surface area contributed by atoms with Crippen LogP contribution in [-0.2, 0) is 19.6 Å². The van der Waals surface area contributed by atoms with Crippen LogP contribution in [0.2, 0.25) is 0 Å². The maximum atomic E-state index is 12.3. The second-order valence-electron chi connectivity index (χ2n) is 5.57. The molecule has 2 aromatic rings. The average Bonchev–Trinajstić information content (AvgIpc) is 2.68. The van der Waals surface area contributed by atoms with Gasteiger partial charge < -0.3 is 14.8 Å². The summed E-state index contributed by atoms with van der Waals surface area (Å²) in [6, 6.07) is 12.0. The fraction of sp³-hybridized carbons (Fsp3) is 0.263. The van der Waals surface area contributed by atoms with Crippen LogP contribution in [0.5, 0.6) is 5.75 Å². The molecule has 0 fully saturated rings. The van der Waals surface area contributed by atoms with E-state index in [2.05, 4.69) is 10.0 Å². The summed E-state index contributed by atoms with van der Waals surface area (Å²) in [7, 11) is -3.90. The monoisotopic (exact) mass is 406 g/mol. The van der Waals surface area contributed by atoms with Gasteiger partial charge in [-0.25, -0.2) is 17.9 Å². The van der Waals surface area contributed by atoms with Crippen molar-refractivity contribution in [2.75, 3.05) is 25.1 Å². The minimum atomic E-state index is -3.90. The van der Waals surface area contributed by atoms with E-state index in [1.165, 1.54) is 24.3 Å². The number of carbonyl (C=O) groups is 2. The van der Waals surface area contributed by atoms with Crippen LogP contribution in [0.1, 0.15) is 24.2 Å². The maximum Gasteiger partial charge on any atom is 0.338 e. The molecule has 0 aliphatic heterocycles. The van der Waals surface area contributed by atoms with Crippen molar-refractivity contribution in [2.24, 2.45) is 0 Å². The third-order valence-electron chi connectivity index (χ3n) is 3.55. The number of hydrogen-bond donors (Lipinski definition) is 2. The highest BCUT2D eigenvalue weighted by atomic mass is 32.2. The lowest BCUT2D eigenvalue weighted by atomic mass is 10.2. The zero-order valence-electron chi connectivity index (χ0n) is 15.6. The topological polar surface area (TPSA) is 111 Å². The van der Waals surface area contributed by atoms with Crippen molar-refractivity contribution in [3.63, 3.8) is 0 Å². The highest BCUT2D eigenvalue weighted by molar-refractivity contribution is 7.89. The van der Waals surface area contributed by atoms with E-state index in [9.17, 15) is 18.0 Å². The third kappa shape index (κ3) is 6.07. The quantitative estimate of drug-likeness (QED) is 0.618. The van der Waals surface area contributed by atoms with Crippen LogP contribution in [0.25, 0.3) is 0 Å². The van der Waals surface area contributed by atoms with Gasteiger partial charge in [0.05, 0.1) is 30.2 Å². The molecule has 8 nitrogen and oxygen atoms in total. The van der Waals surface area contributed by atoms with Crippen molar-refractivity contribution in [3.05, 3.63) is 54.1 Å². The predicted octanol–water partition coefficient (Wildman–Crippen LogP) is 2.18. The summed E-state index contributed by atoms with van der Waals surface area (Å²) in [5, 5.41) is 2.59. The minimum Gasteiger partial charge on any atom is -0.494 e. The number of benzene rings is 2. The lowest BCUT2D eigenvalue weighted by Crippen LogP contribution is -2.32. The molecule has 0 heterocycles. The molecule has 0 atom stereocenters. The number of carbonyl (C=O) groups excluding carboxylic acids is 2. The molecule has 2 rings (SSSR count). The second-order valence-corrected chi connectivity index (χ2v) is 7.34. The number of nitrogens with one attached hydrogen (secondary N) is 2. The zero-order valence-corrected chi connectivity index (χ0v) is 16.4. The fourth-order valence-corrected chi connectivity index (χ4v) is 3.22. The number of amides is 1. The zero-order chi connectivity index (χ0) is 20.6. The van der Waals surface area contributed by atoms with Gasteiger partial charge in [-0.2, -0.15) is 0 Å². The molecule has 0 aliphatic carbocycles. The van der Waals surface area contributed by atoms with Crippen LogP contribution in [0.4, 0.5) is 5.69 Å². The molecule has 2 aromatic carbocycles. The molecule has 1 amide bonds. The van der Waals surface area contributed by atoms with Crippen molar-refractivity contribution < 1.29 is 27.5 Å². The summed E-state index contributed by atoms with van der Waals surface area (Å²) >= 11 is 0. The summed E-state index contributed by atoms with van der Waals surface area (Å²) < 4.78 is 37.0. The van der Waals surface area contributed by atoms with E-state index >= 15 is 0 Å². The number of anilines is 1. The van der Waals surface area contributed by atoms with E-state index in [1.807, 2.05) is 6.92 Å².